The summed E-state index contributed by atoms with van der Waals surface area (Å²) in [6, 6.07) is 8.26. The summed E-state index contributed by atoms with van der Waals surface area (Å²) in [7, 11) is 0. The molecule has 0 atom stereocenters. The van der Waals surface area contributed by atoms with Crippen LogP contribution in [0.3, 0.4) is 0 Å². The Hall–Kier alpha value is -3.92. The van der Waals surface area contributed by atoms with Gasteiger partial charge in [-0.2, -0.15) is 10.4 Å². The molecule has 7 heteroatoms. The van der Waals surface area contributed by atoms with Crippen molar-refractivity contribution in [3.63, 3.8) is 0 Å². The second-order valence-electron chi connectivity index (χ2n) is 5.76. The number of nitrogens with zero attached hydrogens (tertiary/aromatic N) is 5. The fourth-order valence-corrected chi connectivity index (χ4v) is 2.83. The number of aryl methyl sites for hydroxylation is 1. The fourth-order valence-electron chi connectivity index (χ4n) is 2.83. The second kappa shape index (κ2) is 6.53. The van der Waals surface area contributed by atoms with E-state index in [1.54, 1.807) is 29.6 Å². The van der Waals surface area contributed by atoms with Crippen molar-refractivity contribution in [1.82, 2.24) is 24.7 Å². The first-order valence-corrected chi connectivity index (χ1v) is 8.00. The van der Waals surface area contributed by atoms with E-state index in [0.717, 1.165) is 27.7 Å². The Kier molecular flexibility index (Phi) is 3.92. The Labute approximate surface area is 149 Å². The first kappa shape index (κ1) is 15.6. The minimum atomic E-state index is 0.472. The molecule has 0 spiro atoms. The highest BCUT2D eigenvalue weighted by Crippen LogP contribution is 2.30. The van der Waals surface area contributed by atoms with E-state index in [4.69, 9.17) is 0 Å². The van der Waals surface area contributed by atoms with E-state index in [0.29, 0.717) is 11.3 Å². The van der Waals surface area contributed by atoms with E-state index >= 15 is 0 Å². The van der Waals surface area contributed by atoms with Gasteiger partial charge in [0.1, 0.15) is 18.7 Å². The maximum Gasteiger partial charge on any atom is 0.138 e. The molecule has 0 amide bonds. The number of pyridine rings is 1. The van der Waals surface area contributed by atoms with Gasteiger partial charge in [-0.25, -0.2) is 9.67 Å². The number of H-pyrrole nitrogens is 1. The molecule has 0 saturated carbocycles. The first-order chi connectivity index (χ1) is 12.8. The van der Waals surface area contributed by atoms with Crippen LogP contribution in [0, 0.1) is 18.3 Å². The van der Waals surface area contributed by atoms with Crippen LogP contribution in [0.4, 0.5) is 11.4 Å². The van der Waals surface area contributed by atoms with Crippen LogP contribution >= 0.6 is 0 Å². The lowest BCUT2D eigenvalue weighted by Gasteiger charge is -2.14. The number of nitrogens with one attached hydrogen (secondary N) is 2. The Morgan fingerprint density at radius 1 is 1.23 bits per heavy atom. The number of benzene rings is 1. The van der Waals surface area contributed by atoms with E-state index in [1.807, 2.05) is 30.5 Å². The van der Waals surface area contributed by atoms with Crippen molar-refractivity contribution in [3.05, 3.63) is 66.1 Å². The number of hydrogen-bond acceptors (Lipinski definition) is 5. The van der Waals surface area contributed by atoms with Gasteiger partial charge in [-0.15, -0.1) is 0 Å². The Morgan fingerprint density at radius 2 is 2.15 bits per heavy atom. The van der Waals surface area contributed by atoms with Gasteiger partial charge in [0.05, 0.1) is 11.3 Å². The molecule has 1 aromatic carbocycles. The second-order valence-corrected chi connectivity index (χ2v) is 5.76. The van der Waals surface area contributed by atoms with Gasteiger partial charge in [0.25, 0.3) is 0 Å². The Morgan fingerprint density at radius 3 is 2.96 bits per heavy atom. The van der Waals surface area contributed by atoms with Gasteiger partial charge in [-0.05, 0) is 36.8 Å². The molecule has 0 saturated heterocycles. The van der Waals surface area contributed by atoms with E-state index in [9.17, 15) is 5.26 Å². The number of rotatable bonds is 4. The molecule has 0 unspecified atom stereocenters. The first-order valence-electron chi connectivity index (χ1n) is 8.00. The number of nitriles is 1. The summed E-state index contributed by atoms with van der Waals surface area (Å²) in [6.07, 6.45) is 11.8. The molecule has 0 fully saturated rings. The molecule has 4 rings (SSSR count). The zero-order valence-electron chi connectivity index (χ0n) is 14.0. The number of hydrogen-bond donors (Lipinski definition) is 2. The van der Waals surface area contributed by atoms with Crippen molar-refractivity contribution in [2.45, 2.75) is 6.92 Å². The zero-order chi connectivity index (χ0) is 17.9. The summed E-state index contributed by atoms with van der Waals surface area (Å²) in [5.41, 5.74) is 5.09. The predicted octanol–water partition coefficient (Wildman–Crippen LogP) is 3.71. The Bertz CT molecular complexity index is 1130. The number of fused-ring (bicyclic) bond motifs is 1. The van der Waals surface area contributed by atoms with Gasteiger partial charge in [0.2, 0.25) is 0 Å². The molecule has 0 aliphatic rings. The minimum absolute atomic E-state index is 0.472. The van der Waals surface area contributed by atoms with Gasteiger partial charge < -0.3 is 10.3 Å². The highest BCUT2D eigenvalue weighted by atomic mass is 15.3. The molecule has 0 aliphatic heterocycles. The van der Waals surface area contributed by atoms with Gasteiger partial charge in [0.15, 0.2) is 0 Å². The van der Waals surface area contributed by atoms with Crippen molar-refractivity contribution in [3.8, 4) is 6.07 Å². The van der Waals surface area contributed by atoms with Gasteiger partial charge >= 0.3 is 0 Å². The van der Waals surface area contributed by atoms with Gasteiger partial charge in [-0.1, -0.05) is 0 Å². The zero-order valence-corrected chi connectivity index (χ0v) is 14.0. The van der Waals surface area contributed by atoms with Crippen LogP contribution in [0.1, 0.15) is 16.7 Å². The topological polar surface area (TPSA) is 95.2 Å². The molecule has 26 heavy (non-hydrogen) atoms. The van der Waals surface area contributed by atoms with E-state index < -0.39 is 0 Å². The lowest BCUT2D eigenvalue weighted by molar-refractivity contribution is 0.936. The van der Waals surface area contributed by atoms with Crippen LogP contribution in [0.25, 0.3) is 23.2 Å². The average molecular weight is 341 g/mol. The molecule has 4 aromatic rings. The summed E-state index contributed by atoms with van der Waals surface area (Å²) in [6.45, 7) is 2.05. The fraction of sp³-hybridized carbons (Fsp3) is 0.0526. The molecule has 2 N–H and O–H groups in total. The summed E-state index contributed by atoms with van der Waals surface area (Å²) in [5.74, 6) is 0. The third-order valence-corrected chi connectivity index (χ3v) is 4.20. The van der Waals surface area contributed by atoms with Crippen LogP contribution in [0.2, 0.25) is 0 Å². The number of aromatic nitrogens is 5. The SMILES string of the molecule is Cc1c(Nc2c(C#N)cncc2/C=C/n2cncn2)ccc2[nH]ccc12. The van der Waals surface area contributed by atoms with Crippen molar-refractivity contribution in [2.24, 2.45) is 0 Å². The van der Waals surface area contributed by atoms with Crippen molar-refractivity contribution in [1.29, 1.82) is 5.26 Å². The third kappa shape index (κ3) is 2.80. The summed E-state index contributed by atoms with van der Waals surface area (Å²) < 4.78 is 1.58. The smallest absolute Gasteiger partial charge is 0.138 e. The monoisotopic (exact) mass is 341 g/mol. The van der Waals surface area contributed by atoms with Crippen LogP contribution < -0.4 is 5.32 Å². The average Bonchev–Trinajstić information content (AvgIpc) is 3.34. The van der Waals surface area contributed by atoms with Crippen molar-refractivity contribution in [2.75, 3.05) is 5.32 Å². The molecule has 126 valence electrons. The summed E-state index contributed by atoms with van der Waals surface area (Å²) >= 11 is 0. The number of anilines is 2. The predicted molar refractivity (Wildman–Crippen MR) is 101 cm³/mol. The molecular formula is C19H15N7. The standard InChI is InChI=1S/C19H15N7/c1-13-16-4-6-23-18(16)3-2-17(13)25-19-14(9-21-10-15(19)8-20)5-7-26-12-22-11-24-26/h2-7,9-12,23H,1H3,(H,21,25)/b7-5+. The molecule has 0 aliphatic carbocycles. The minimum Gasteiger partial charge on any atom is -0.361 e. The maximum atomic E-state index is 9.49. The van der Waals surface area contributed by atoms with Crippen LogP contribution in [0.5, 0.6) is 0 Å². The largest absolute Gasteiger partial charge is 0.361 e. The lowest BCUT2D eigenvalue weighted by atomic mass is 10.1. The van der Waals surface area contributed by atoms with Crippen molar-refractivity contribution < 1.29 is 0 Å². The van der Waals surface area contributed by atoms with E-state index in [2.05, 4.69) is 38.4 Å². The normalized spacial score (nSPS) is 11.1. The van der Waals surface area contributed by atoms with Crippen LogP contribution in [-0.4, -0.2) is 24.7 Å². The molecular weight excluding hydrogens is 326 g/mol. The van der Waals surface area contributed by atoms with Gasteiger partial charge in [0, 0.05) is 46.9 Å². The highest BCUT2D eigenvalue weighted by Gasteiger charge is 2.11. The van der Waals surface area contributed by atoms with E-state index in [-0.39, 0.29) is 0 Å². The molecule has 7 nitrogen and oxygen atoms in total. The van der Waals surface area contributed by atoms with Crippen molar-refractivity contribution >= 4 is 34.6 Å². The third-order valence-electron chi connectivity index (χ3n) is 4.20. The summed E-state index contributed by atoms with van der Waals surface area (Å²) in [4.78, 5) is 11.3. The summed E-state index contributed by atoms with van der Waals surface area (Å²) in [5, 5.41) is 18.1. The highest BCUT2D eigenvalue weighted by molar-refractivity contribution is 5.90. The Balaban J connectivity index is 1.77. The van der Waals surface area contributed by atoms with Crippen LogP contribution in [0.15, 0.2) is 49.4 Å². The molecule has 3 heterocycles. The van der Waals surface area contributed by atoms with Crippen LogP contribution in [-0.2, 0) is 0 Å². The maximum absolute atomic E-state index is 9.49. The molecule has 0 radical (unpaired) electrons. The quantitative estimate of drug-likeness (QED) is 0.590. The lowest BCUT2D eigenvalue weighted by Crippen LogP contribution is -2.00. The van der Waals surface area contributed by atoms with E-state index in [1.165, 1.54) is 6.33 Å². The molecule has 3 aromatic heterocycles. The van der Waals surface area contributed by atoms with Gasteiger partial charge in [-0.3, -0.25) is 4.98 Å². The number of aromatic amines is 1. The molecule has 0 bridgehead atoms.